The van der Waals surface area contributed by atoms with Crippen LogP contribution in [0.2, 0.25) is 0 Å². The summed E-state index contributed by atoms with van der Waals surface area (Å²) in [5.41, 5.74) is 5.65. The van der Waals surface area contributed by atoms with Gasteiger partial charge >= 0.3 is 12.1 Å². The Morgan fingerprint density at radius 3 is 2.10 bits per heavy atom. The van der Waals surface area contributed by atoms with Gasteiger partial charge in [-0.3, -0.25) is 9.69 Å². The van der Waals surface area contributed by atoms with Gasteiger partial charge in [0.2, 0.25) is 5.91 Å². The van der Waals surface area contributed by atoms with E-state index in [0.717, 1.165) is 27.8 Å². The third-order valence-corrected chi connectivity index (χ3v) is 6.94. The van der Waals surface area contributed by atoms with Crippen molar-refractivity contribution in [2.24, 2.45) is 0 Å². The second kappa shape index (κ2) is 13.1. The van der Waals surface area contributed by atoms with E-state index < -0.39 is 18.1 Å². The van der Waals surface area contributed by atoms with Crippen LogP contribution < -0.4 is 10.6 Å². The first-order valence-corrected chi connectivity index (χ1v) is 13.2. The number of alkyl carbamates (subject to hydrolysis) is 1. The molecule has 204 valence electrons. The molecule has 0 heterocycles. The molecule has 2 amide bonds. The Hall–Kier alpha value is -4.17. The molecule has 0 saturated heterocycles. The Morgan fingerprint density at radius 1 is 0.897 bits per heavy atom. The Balaban J connectivity index is 1.21. The zero-order chi connectivity index (χ0) is 27.8. The van der Waals surface area contributed by atoms with Gasteiger partial charge in [-0.1, -0.05) is 78.9 Å². The van der Waals surface area contributed by atoms with Crippen molar-refractivity contribution in [1.82, 2.24) is 15.5 Å². The molecule has 1 aliphatic carbocycles. The second-order valence-corrected chi connectivity index (χ2v) is 10.1. The number of ether oxygens (including phenoxy) is 1. The van der Waals surface area contributed by atoms with Crippen LogP contribution in [0.25, 0.3) is 11.1 Å². The SMILES string of the molecule is CC(CCC(=O)NC(CN(C)Cc1ccccc1)C(=O)O)NC(=O)OCC1c2ccccc2-c2ccccc21. The predicted octanol–water partition coefficient (Wildman–Crippen LogP) is 4.40. The molecule has 0 spiro atoms. The van der Waals surface area contributed by atoms with E-state index >= 15 is 0 Å². The van der Waals surface area contributed by atoms with E-state index in [0.29, 0.717) is 13.0 Å². The van der Waals surface area contributed by atoms with E-state index in [9.17, 15) is 19.5 Å². The zero-order valence-corrected chi connectivity index (χ0v) is 22.3. The number of amides is 2. The zero-order valence-electron chi connectivity index (χ0n) is 22.3. The summed E-state index contributed by atoms with van der Waals surface area (Å²) < 4.78 is 5.57. The lowest BCUT2D eigenvalue weighted by atomic mass is 9.98. The monoisotopic (exact) mass is 529 g/mol. The second-order valence-electron chi connectivity index (χ2n) is 10.1. The van der Waals surface area contributed by atoms with Crippen LogP contribution in [0.15, 0.2) is 78.9 Å². The predicted molar refractivity (Wildman–Crippen MR) is 149 cm³/mol. The molecule has 8 heteroatoms. The van der Waals surface area contributed by atoms with Crippen molar-refractivity contribution in [2.75, 3.05) is 20.2 Å². The molecule has 0 fully saturated rings. The Kier molecular flexibility index (Phi) is 9.33. The van der Waals surface area contributed by atoms with Gasteiger partial charge in [0, 0.05) is 31.5 Å². The van der Waals surface area contributed by atoms with Gasteiger partial charge in [-0.05, 0) is 48.2 Å². The molecule has 1 aliphatic rings. The minimum Gasteiger partial charge on any atom is -0.480 e. The minimum atomic E-state index is -1.09. The van der Waals surface area contributed by atoms with Crippen molar-refractivity contribution in [3.63, 3.8) is 0 Å². The fourth-order valence-corrected chi connectivity index (χ4v) is 4.98. The molecule has 3 aromatic rings. The summed E-state index contributed by atoms with van der Waals surface area (Å²) in [6.45, 7) is 2.74. The number of hydrogen-bond donors (Lipinski definition) is 3. The van der Waals surface area contributed by atoms with Crippen molar-refractivity contribution in [2.45, 2.75) is 44.3 Å². The number of carboxylic acid groups (broad SMARTS) is 1. The number of rotatable bonds is 12. The summed E-state index contributed by atoms with van der Waals surface area (Å²) in [6.07, 6.45) is -0.116. The van der Waals surface area contributed by atoms with E-state index in [1.165, 1.54) is 0 Å². The first-order valence-electron chi connectivity index (χ1n) is 13.2. The van der Waals surface area contributed by atoms with Gasteiger partial charge in [0.05, 0.1) is 0 Å². The van der Waals surface area contributed by atoms with Crippen molar-refractivity contribution in [3.05, 3.63) is 95.6 Å². The maximum Gasteiger partial charge on any atom is 0.407 e. The molecule has 0 saturated carbocycles. The van der Waals surface area contributed by atoms with Crippen molar-refractivity contribution < 1.29 is 24.2 Å². The third-order valence-electron chi connectivity index (χ3n) is 6.94. The van der Waals surface area contributed by atoms with Gasteiger partial charge < -0.3 is 20.5 Å². The number of carboxylic acids is 1. The molecule has 0 radical (unpaired) electrons. The average Bonchev–Trinajstić information content (AvgIpc) is 3.24. The minimum absolute atomic E-state index is 0.0304. The van der Waals surface area contributed by atoms with Crippen LogP contribution in [0.3, 0.4) is 0 Å². The van der Waals surface area contributed by atoms with E-state index in [1.54, 1.807) is 6.92 Å². The van der Waals surface area contributed by atoms with Gasteiger partial charge in [0.1, 0.15) is 12.6 Å². The quantitative estimate of drug-likeness (QED) is 0.321. The first-order chi connectivity index (χ1) is 18.8. The number of carbonyl (C=O) groups is 3. The Morgan fingerprint density at radius 2 is 1.49 bits per heavy atom. The highest BCUT2D eigenvalue weighted by Gasteiger charge is 2.29. The Bertz CT molecular complexity index is 1250. The van der Waals surface area contributed by atoms with Gasteiger partial charge in [0.25, 0.3) is 0 Å². The molecule has 2 atom stereocenters. The average molecular weight is 530 g/mol. The molecule has 0 bridgehead atoms. The highest BCUT2D eigenvalue weighted by Crippen LogP contribution is 2.44. The molecular formula is C31H35N3O5. The lowest BCUT2D eigenvalue weighted by molar-refractivity contribution is -0.142. The summed E-state index contributed by atoms with van der Waals surface area (Å²) in [7, 11) is 1.81. The van der Waals surface area contributed by atoms with Crippen LogP contribution in [-0.2, 0) is 20.9 Å². The van der Waals surface area contributed by atoms with Crippen LogP contribution in [0.4, 0.5) is 4.79 Å². The van der Waals surface area contributed by atoms with E-state index in [-0.39, 0.29) is 37.4 Å². The molecule has 4 rings (SSSR count). The summed E-state index contributed by atoms with van der Waals surface area (Å²) >= 11 is 0. The number of hydrogen-bond acceptors (Lipinski definition) is 5. The van der Waals surface area contributed by atoms with Gasteiger partial charge in [0.15, 0.2) is 0 Å². The molecule has 0 aromatic heterocycles. The molecule has 0 aliphatic heterocycles. The molecular weight excluding hydrogens is 494 g/mol. The Labute approximate surface area is 229 Å². The summed E-state index contributed by atoms with van der Waals surface area (Å²) in [4.78, 5) is 38.6. The van der Waals surface area contributed by atoms with Crippen molar-refractivity contribution in [3.8, 4) is 11.1 Å². The van der Waals surface area contributed by atoms with Crippen LogP contribution >= 0.6 is 0 Å². The van der Waals surface area contributed by atoms with Crippen LogP contribution in [0.5, 0.6) is 0 Å². The maximum atomic E-state index is 12.5. The van der Waals surface area contributed by atoms with Crippen LogP contribution in [0, 0.1) is 0 Å². The van der Waals surface area contributed by atoms with Gasteiger partial charge in [-0.15, -0.1) is 0 Å². The lowest BCUT2D eigenvalue weighted by Crippen LogP contribution is -2.47. The molecule has 8 nitrogen and oxygen atoms in total. The van der Waals surface area contributed by atoms with Gasteiger partial charge in [-0.2, -0.15) is 0 Å². The topological polar surface area (TPSA) is 108 Å². The maximum absolute atomic E-state index is 12.5. The standard InChI is InChI=1S/C31H35N3O5/c1-21(16-17-29(35)33-28(30(36)37)19-34(2)18-22-10-4-3-5-11-22)32-31(38)39-20-27-25-14-8-6-12-23(25)24-13-7-9-15-26(24)27/h3-15,21,27-28H,16-20H2,1-2H3,(H,32,38)(H,33,35)(H,36,37). The van der Waals surface area contributed by atoms with E-state index in [1.807, 2.05) is 66.5 Å². The lowest BCUT2D eigenvalue weighted by Gasteiger charge is -2.22. The summed E-state index contributed by atoms with van der Waals surface area (Å²) in [5.74, 6) is -1.50. The number of fused-ring (bicyclic) bond motifs is 3. The number of carbonyl (C=O) groups excluding carboxylic acids is 2. The van der Waals surface area contributed by atoms with Crippen molar-refractivity contribution >= 4 is 18.0 Å². The van der Waals surface area contributed by atoms with Crippen LogP contribution in [-0.4, -0.2) is 60.3 Å². The van der Waals surface area contributed by atoms with Gasteiger partial charge in [-0.25, -0.2) is 9.59 Å². The largest absolute Gasteiger partial charge is 0.480 e. The third kappa shape index (κ3) is 7.45. The highest BCUT2D eigenvalue weighted by atomic mass is 16.5. The molecule has 3 aromatic carbocycles. The van der Waals surface area contributed by atoms with Crippen molar-refractivity contribution in [1.29, 1.82) is 0 Å². The summed E-state index contributed by atoms with van der Waals surface area (Å²) in [6, 6.07) is 24.6. The van der Waals surface area contributed by atoms with E-state index in [4.69, 9.17) is 4.74 Å². The fourth-order valence-electron chi connectivity index (χ4n) is 4.98. The van der Waals surface area contributed by atoms with E-state index in [2.05, 4.69) is 34.9 Å². The first kappa shape index (κ1) is 27.9. The highest BCUT2D eigenvalue weighted by molar-refractivity contribution is 5.83. The molecule has 3 N–H and O–H groups in total. The fraction of sp³-hybridized carbons (Fsp3) is 0.323. The molecule has 39 heavy (non-hydrogen) atoms. The normalized spacial score (nSPS) is 13.7. The number of likely N-dealkylation sites (N-methyl/N-ethyl adjacent to an activating group) is 1. The summed E-state index contributed by atoms with van der Waals surface area (Å²) in [5, 5.41) is 15.0. The molecule has 2 unspecified atom stereocenters. The van der Waals surface area contributed by atoms with Crippen LogP contribution in [0.1, 0.15) is 42.4 Å². The smallest absolute Gasteiger partial charge is 0.407 e. The number of aliphatic carboxylic acids is 1. The number of benzene rings is 3. The number of nitrogens with one attached hydrogen (secondary N) is 2. The number of nitrogens with zero attached hydrogens (tertiary/aromatic N) is 1.